The fraction of sp³-hybridized carbons (Fsp3) is 0.250. The summed E-state index contributed by atoms with van der Waals surface area (Å²) in [7, 11) is 0. The number of carbonyl (C=O) groups is 2. The minimum atomic E-state index is -0.270. The van der Waals surface area contributed by atoms with Crippen LogP contribution in [0.2, 0.25) is 0 Å². The first kappa shape index (κ1) is 19.6. The summed E-state index contributed by atoms with van der Waals surface area (Å²) in [5.41, 5.74) is 3.07. The molecule has 0 radical (unpaired) electrons. The Hall–Kier alpha value is -2.73. The van der Waals surface area contributed by atoms with E-state index in [1.54, 1.807) is 43.3 Å². The Labute approximate surface area is 159 Å². The maximum Gasteiger partial charge on any atom is 0.257 e. The lowest BCUT2D eigenvalue weighted by Crippen LogP contribution is -2.34. The lowest BCUT2D eigenvalue weighted by molar-refractivity contribution is -0.115. The first-order valence-electron chi connectivity index (χ1n) is 8.51. The van der Waals surface area contributed by atoms with Gasteiger partial charge in [-0.05, 0) is 54.0 Å². The molecule has 0 atom stereocenters. The summed E-state index contributed by atoms with van der Waals surface area (Å²) >= 11 is 5.20. The van der Waals surface area contributed by atoms with Crippen LogP contribution in [0.4, 0.5) is 11.4 Å². The lowest BCUT2D eigenvalue weighted by atomic mass is 10.0. The van der Waals surface area contributed by atoms with E-state index in [9.17, 15) is 9.59 Å². The molecule has 0 aliphatic carbocycles. The van der Waals surface area contributed by atoms with E-state index in [0.29, 0.717) is 29.3 Å². The number of benzene rings is 2. The van der Waals surface area contributed by atoms with Crippen LogP contribution in [0.5, 0.6) is 0 Å². The van der Waals surface area contributed by atoms with Gasteiger partial charge < -0.3 is 10.6 Å². The quantitative estimate of drug-likeness (QED) is 0.688. The van der Waals surface area contributed by atoms with Crippen molar-refractivity contribution in [2.75, 3.05) is 10.6 Å². The Bertz CT molecular complexity index is 801. The second-order valence-electron chi connectivity index (χ2n) is 6.17. The molecule has 3 N–H and O–H groups in total. The Kier molecular flexibility index (Phi) is 6.86. The van der Waals surface area contributed by atoms with Gasteiger partial charge in [0.2, 0.25) is 5.91 Å². The van der Waals surface area contributed by atoms with E-state index in [0.717, 1.165) is 0 Å². The van der Waals surface area contributed by atoms with E-state index < -0.39 is 0 Å². The van der Waals surface area contributed by atoms with Crippen molar-refractivity contribution in [3.8, 4) is 0 Å². The van der Waals surface area contributed by atoms with Crippen molar-refractivity contribution in [3.63, 3.8) is 0 Å². The smallest absolute Gasteiger partial charge is 0.257 e. The third-order valence-corrected chi connectivity index (χ3v) is 4.00. The molecule has 2 aromatic carbocycles. The van der Waals surface area contributed by atoms with Gasteiger partial charge in [-0.3, -0.25) is 14.9 Å². The molecule has 2 rings (SSSR count). The molecule has 0 fully saturated rings. The third-order valence-electron chi connectivity index (χ3n) is 3.79. The summed E-state index contributed by atoms with van der Waals surface area (Å²) in [4.78, 5) is 23.8. The molecular weight excluding hydrogens is 346 g/mol. The van der Waals surface area contributed by atoms with E-state index in [-0.39, 0.29) is 16.9 Å². The third kappa shape index (κ3) is 5.67. The zero-order valence-corrected chi connectivity index (χ0v) is 15.9. The average molecular weight is 369 g/mol. The molecule has 26 heavy (non-hydrogen) atoms. The number of carbonyl (C=O) groups excluding carboxylic acids is 2. The SMILES string of the molecule is CCC(=O)Nc1cccc(NC(=S)NC(=O)c2ccc(C(C)C)cc2)c1. The predicted octanol–water partition coefficient (Wildman–Crippen LogP) is 4.29. The van der Waals surface area contributed by atoms with E-state index in [2.05, 4.69) is 29.8 Å². The maximum atomic E-state index is 12.3. The van der Waals surface area contributed by atoms with E-state index in [1.807, 2.05) is 12.1 Å². The highest BCUT2D eigenvalue weighted by atomic mass is 32.1. The molecule has 0 saturated carbocycles. The van der Waals surface area contributed by atoms with Crippen LogP contribution in [0.3, 0.4) is 0 Å². The normalized spacial score (nSPS) is 10.3. The number of nitrogens with one attached hydrogen (secondary N) is 3. The highest BCUT2D eigenvalue weighted by Crippen LogP contribution is 2.16. The molecule has 2 amide bonds. The first-order valence-corrected chi connectivity index (χ1v) is 8.92. The van der Waals surface area contributed by atoms with Crippen molar-refractivity contribution in [2.24, 2.45) is 0 Å². The highest BCUT2D eigenvalue weighted by molar-refractivity contribution is 7.80. The molecule has 0 aliphatic heterocycles. The molecule has 0 bridgehead atoms. The summed E-state index contributed by atoms with van der Waals surface area (Å²) in [6.45, 7) is 5.99. The van der Waals surface area contributed by atoms with Crippen LogP contribution >= 0.6 is 12.2 Å². The number of anilines is 2. The van der Waals surface area contributed by atoms with Gasteiger partial charge in [0.05, 0.1) is 0 Å². The second kappa shape index (κ2) is 9.10. The van der Waals surface area contributed by atoms with Gasteiger partial charge >= 0.3 is 0 Å². The Balaban J connectivity index is 1.96. The van der Waals surface area contributed by atoms with Gasteiger partial charge in [0.25, 0.3) is 5.91 Å². The molecule has 0 spiro atoms. The standard InChI is InChI=1S/C20H23N3O2S/c1-4-18(24)21-16-6-5-7-17(12-16)22-20(26)23-19(25)15-10-8-14(9-11-15)13(2)3/h5-13H,4H2,1-3H3,(H,21,24)(H2,22,23,25,26). The van der Waals surface area contributed by atoms with Crippen molar-refractivity contribution >= 4 is 40.5 Å². The highest BCUT2D eigenvalue weighted by Gasteiger charge is 2.09. The van der Waals surface area contributed by atoms with Crippen LogP contribution in [0, 0.1) is 0 Å². The molecule has 0 unspecified atom stereocenters. The summed E-state index contributed by atoms with van der Waals surface area (Å²) in [5, 5.41) is 8.58. The number of amides is 2. The van der Waals surface area contributed by atoms with Crippen molar-refractivity contribution in [1.82, 2.24) is 5.32 Å². The van der Waals surface area contributed by atoms with Gasteiger partial charge in [-0.2, -0.15) is 0 Å². The Morgan fingerprint density at radius 1 is 1.00 bits per heavy atom. The molecule has 0 aromatic heterocycles. The van der Waals surface area contributed by atoms with Crippen molar-refractivity contribution in [3.05, 3.63) is 59.7 Å². The van der Waals surface area contributed by atoms with Crippen molar-refractivity contribution in [1.29, 1.82) is 0 Å². The summed E-state index contributed by atoms with van der Waals surface area (Å²) in [6.07, 6.45) is 0.404. The molecule has 0 aliphatic rings. The zero-order chi connectivity index (χ0) is 19.1. The van der Waals surface area contributed by atoms with Crippen molar-refractivity contribution in [2.45, 2.75) is 33.1 Å². The lowest BCUT2D eigenvalue weighted by Gasteiger charge is -2.12. The molecule has 0 saturated heterocycles. The first-order chi connectivity index (χ1) is 12.4. The topological polar surface area (TPSA) is 70.2 Å². The van der Waals surface area contributed by atoms with Crippen LogP contribution < -0.4 is 16.0 Å². The summed E-state index contributed by atoms with van der Waals surface area (Å²) in [5.74, 6) is 0.0754. The van der Waals surface area contributed by atoms with Gasteiger partial charge in [0.1, 0.15) is 0 Å². The van der Waals surface area contributed by atoms with Crippen LogP contribution in [0.15, 0.2) is 48.5 Å². The van der Waals surface area contributed by atoms with Crippen LogP contribution in [-0.4, -0.2) is 16.9 Å². The van der Waals surface area contributed by atoms with Gasteiger partial charge in [0.15, 0.2) is 5.11 Å². The minimum absolute atomic E-state index is 0.0668. The van der Waals surface area contributed by atoms with Crippen LogP contribution in [0.1, 0.15) is 49.0 Å². The van der Waals surface area contributed by atoms with Crippen LogP contribution in [0.25, 0.3) is 0 Å². The fourth-order valence-electron chi connectivity index (χ4n) is 2.28. The van der Waals surface area contributed by atoms with Gasteiger partial charge in [-0.15, -0.1) is 0 Å². The molecule has 5 nitrogen and oxygen atoms in total. The average Bonchev–Trinajstić information content (AvgIpc) is 2.61. The maximum absolute atomic E-state index is 12.3. The minimum Gasteiger partial charge on any atom is -0.332 e. The van der Waals surface area contributed by atoms with E-state index in [1.165, 1.54) is 5.56 Å². The fourth-order valence-corrected chi connectivity index (χ4v) is 2.49. The Morgan fingerprint density at radius 3 is 2.19 bits per heavy atom. The molecule has 0 heterocycles. The zero-order valence-electron chi connectivity index (χ0n) is 15.1. The molecule has 2 aromatic rings. The Morgan fingerprint density at radius 2 is 1.62 bits per heavy atom. The van der Waals surface area contributed by atoms with E-state index >= 15 is 0 Å². The van der Waals surface area contributed by atoms with Gasteiger partial charge in [-0.1, -0.05) is 39.0 Å². The van der Waals surface area contributed by atoms with Crippen LogP contribution in [-0.2, 0) is 4.79 Å². The largest absolute Gasteiger partial charge is 0.332 e. The summed E-state index contributed by atoms with van der Waals surface area (Å²) < 4.78 is 0. The second-order valence-corrected chi connectivity index (χ2v) is 6.58. The number of rotatable bonds is 5. The van der Waals surface area contributed by atoms with Crippen molar-refractivity contribution < 1.29 is 9.59 Å². The predicted molar refractivity (Wildman–Crippen MR) is 110 cm³/mol. The number of hydrogen-bond acceptors (Lipinski definition) is 3. The molecule has 136 valence electrons. The number of hydrogen-bond donors (Lipinski definition) is 3. The molecular formula is C20H23N3O2S. The number of thiocarbonyl (C=S) groups is 1. The monoisotopic (exact) mass is 369 g/mol. The van der Waals surface area contributed by atoms with E-state index in [4.69, 9.17) is 12.2 Å². The summed E-state index contributed by atoms with van der Waals surface area (Å²) in [6, 6.07) is 14.6. The van der Waals surface area contributed by atoms with Gasteiger partial charge in [-0.25, -0.2) is 0 Å². The van der Waals surface area contributed by atoms with Gasteiger partial charge in [0, 0.05) is 23.4 Å². The molecule has 6 heteroatoms.